The van der Waals surface area contributed by atoms with Gasteiger partial charge in [0.1, 0.15) is 5.69 Å². The van der Waals surface area contributed by atoms with Gasteiger partial charge in [0.15, 0.2) is 0 Å². The number of carbonyl (C=O) groups is 1. The van der Waals surface area contributed by atoms with E-state index in [2.05, 4.69) is 15.6 Å². The molecular weight excluding hydrogens is 272 g/mol. The van der Waals surface area contributed by atoms with Gasteiger partial charge in [-0.3, -0.25) is 19.9 Å². The molecule has 0 aliphatic heterocycles. The summed E-state index contributed by atoms with van der Waals surface area (Å²) in [7, 11) is 0. The van der Waals surface area contributed by atoms with Gasteiger partial charge in [-0.05, 0) is 18.2 Å². The summed E-state index contributed by atoms with van der Waals surface area (Å²) in [5.41, 5.74) is 1.00. The monoisotopic (exact) mass is 286 g/mol. The largest absolute Gasteiger partial charge is 0.371 e. The van der Waals surface area contributed by atoms with Crippen molar-refractivity contribution in [3.8, 4) is 0 Å². The molecule has 0 unspecified atom stereocenters. The van der Waals surface area contributed by atoms with Crippen LogP contribution in [0.25, 0.3) is 0 Å². The van der Waals surface area contributed by atoms with E-state index in [-0.39, 0.29) is 18.1 Å². The molecule has 0 saturated heterocycles. The number of nitro groups is 1. The molecule has 0 aliphatic carbocycles. The Morgan fingerprint density at radius 1 is 1.19 bits per heavy atom. The molecule has 0 aliphatic rings. The van der Waals surface area contributed by atoms with E-state index in [4.69, 9.17) is 0 Å². The summed E-state index contributed by atoms with van der Waals surface area (Å²) >= 11 is 0. The van der Waals surface area contributed by atoms with Crippen LogP contribution in [0.2, 0.25) is 0 Å². The maximum atomic E-state index is 11.7. The van der Waals surface area contributed by atoms with Gasteiger partial charge in [0, 0.05) is 12.3 Å². The first-order chi connectivity index (χ1) is 10.2. The minimum atomic E-state index is -0.492. The van der Waals surface area contributed by atoms with Crippen molar-refractivity contribution in [3.63, 3.8) is 0 Å². The minimum Gasteiger partial charge on any atom is -0.371 e. The highest BCUT2D eigenvalue weighted by atomic mass is 16.6. The Hall–Kier alpha value is -2.96. The number of nitrogens with zero attached hydrogens (tertiary/aromatic N) is 2. The SMILES string of the molecule is O=C(CNc1ccccc1[N+](=O)[O-])NCc1ccccn1. The van der Waals surface area contributed by atoms with Gasteiger partial charge in [-0.2, -0.15) is 0 Å². The second-order valence-corrected chi connectivity index (χ2v) is 4.23. The number of benzene rings is 1. The van der Waals surface area contributed by atoms with Crippen LogP contribution in [-0.2, 0) is 11.3 Å². The predicted molar refractivity (Wildman–Crippen MR) is 77.7 cm³/mol. The Morgan fingerprint density at radius 2 is 1.95 bits per heavy atom. The van der Waals surface area contributed by atoms with Gasteiger partial charge >= 0.3 is 0 Å². The van der Waals surface area contributed by atoms with Crippen molar-refractivity contribution in [2.75, 3.05) is 11.9 Å². The molecule has 2 aromatic rings. The summed E-state index contributed by atoms with van der Waals surface area (Å²) in [6, 6.07) is 11.6. The standard InChI is InChI=1S/C14H14N4O3/c19-14(17-9-11-5-3-4-8-15-11)10-16-12-6-1-2-7-13(12)18(20)21/h1-8,16H,9-10H2,(H,17,19). The van der Waals surface area contributed by atoms with E-state index >= 15 is 0 Å². The topological polar surface area (TPSA) is 97.2 Å². The number of pyridine rings is 1. The quantitative estimate of drug-likeness (QED) is 0.622. The maximum Gasteiger partial charge on any atom is 0.292 e. The summed E-state index contributed by atoms with van der Waals surface area (Å²) in [5.74, 6) is -0.265. The Labute approximate surface area is 121 Å². The summed E-state index contributed by atoms with van der Waals surface area (Å²) in [4.78, 5) is 26.1. The lowest BCUT2D eigenvalue weighted by Crippen LogP contribution is -2.29. The molecule has 2 rings (SSSR count). The van der Waals surface area contributed by atoms with Crippen molar-refractivity contribution in [2.24, 2.45) is 0 Å². The van der Waals surface area contributed by atoms with E-state index in [1.54, 1.807) is 36.5 Å². The van der Waals surface area contributed by atoms with Crippen molar-refractivity contribution in [3.05, 3.63) is 64.5 Å². The fourth-order valence-corrected chi connectivity index (χ4v) is 1.71. The van der Waals surface area contributed by atoms with E-state index in [0.717, 1.165) is 5.69 Å². The molecule has 2 N–H and O–H groups in total. The third kappa shape index (κ3) is 4.27. The molecule has 1 aromatic heterocycles. The number of carbonyl (C=O) groups excluding carboxylic acids is 1. The summed E-state index contributed by atoms with van der Waals surface area (Å²) in [5, 5.41) is 16.3. The molecule has 1 aromatic carbocycles. The fraction of sp³-hybridized carbons (Fsp3) is 0.143. The van der Waals surface area contributed by atoms with E-state index in [0.29, 0.717) is 12.2 Å². The van der Waals surface area contributed by atoms with E-state index in [9.17, 15) is 14.9 Å². The number of nitrogens with one attached hydrogen (secondary N) is 2. The Kier molecular flexibility index (Phi) is 4.81. The Balaban J connectivity index is 1.86. The lowest BCUT2D eigenvalue weighted by molar-refractivity contribution is -0.383. The predicted octanol–water partition coefficient (Wildman–Crippen LogP) is 1.72. The Bertz CT molecular complexity index is 631. The molecule has 7 nitrogen and oxygen atoms in total. The molecule has 7 heteroatoms. The van der Waals surface area contributed by atoms with Crippen LogP contribution in [0, 0.1) is 10.1 Å². The number of para-hydroxylation sites is 2. The minimum absolute atomic E-state index is 0.0440. The molecule has 1 amide bonds. The zero-order valence-corrected chi connectivity index (χ0v) is 11.2. The molecule has 21 heavy (non-hydrogen) atoms. The third-order valence-electron chi connectivity index (χ3n) is 2.73. The van der Waals surface area contributed by atoms with E-state index < -0.39 is 4.92 Å². The van der Waals surface area contributed by atoms with Gasteiger partial charge in [0.2, 0.25) is 5.91 Å². The number of rotatable bonds is 6. The van der Waals surface area contributed by atoms with Gasteiger partial charge < -0.3 is 10.6 Å². The van der Waals surface area contributed by atoms with Gasteiger partial charge in [0.05, 0.1) is 23.7 Å². The van der Waals surface area contributed by atoms with Crippen LogP contribution in [0.1, 0.15) is 5.69 Å². The maximum absolute atomic E-state index is 11.7. The molecule has 0 fully saturated rings. The van der Waals surface area contributed by atoms with Crippen molar-refractivity contribution in [1.82, 2.24) is 10.3 Å². The number of nitro benzene ring substituents is 1. The van der Waals surface area contributed by atoms with E-state index in [1.807, 2.05) is 6.07 Å². The molecule has 0 bridgehead atoms. The van der Waals surface area contributed by atoms with Crippen LogP contribution in [0.5, 0.6) is 0 Å². The summed E-state index contributed by atoms with van der Waals surface area (Å²) < 4.78 is 0. The van der Waals surface area contributed by atoms with E-state index in [1.165, 1.54) is 6.07 Å². The zero-order chi connectivity index (χ0) is 15.1. The molecule has 0 saturated carbocycles. The molecule has 0 spiro atoms. The van der Waals surface area contributed by atoms with Crippen LogP contribution in [0.15, 0.2) is 48.7 Å². The molecule has 1 heterocycles. The second-order valence-electron chi connectivity index (χ2n) is 4.23. The number of hydrogen-bond donors (Lipinski definition) is 2. The second kappa shape index (κ2) is 6.99. The number of anilines is 1. The smallest absolute Gasteiger partial charge is 0.292 e. The lowest BCUT2D eigenvalue weighted by Gasteiger charge is -2.07. The molecule has 108 valence electrons. The Morgan fingerprint density at radius 3 is 2.67 bits per heavy atom. The lowest BCUT2D eigenvalue weighted by atomic mass is 10.2. The summed E-state index contributed by atoms with van der Waals surface area (Å²) in [6.45, 7) is 0.274. The van der Waals surface area contributed by atoms with Crippen molar-refractivity contribution < 1.29 is 9.72 Å². The van der Waals surface area contributed by atoms with Gasteiger partial charge in [-0.15, -0.1) is 0 Å². The fourth-order valence-electron chi connectivity index (χ4n) is 1.71. The zero-order valence-electron chi connectivity index (χ0n) is 11.2. The van der Waals surface area contributed by atoms with Gasteiger partial charge in [-0.25, -0.2) is 0 Å². The van der Waals surface area contributed by atoms with Crippen LogP contribution in [0.4, 0.5) is 11.4 Å². The van der Waals surface area contributed by atoms with Crippen molar-refractivity contribution in [2.45, 2.75) is 6.54 Å². The highest BCUT2D eigenvalue weighted by Gasteiger charge is 2.12. The average molecular weight is 286 g/mol. The summed E-state index contributed by atoms with van der Waals surface area (Å²) in [6.07, 6.45) is 1.65. The van der Waals surface area contributed by atoms with Crippen LogP contribution in [0.3, 0.4) is 0 Å². The molecule has 0 atom stereocenters. The number of hydrogen-bond acceptors (Lipinski definition) is 5. The van der Waals surface area contributed by atoms with Crippen LogP contribution >= 0.6 is 0 Å². The highest BCUT2D eigenvalue weighted by molar-refractivity contribution is 5.81. The van der Waals surface area contributed by atoms with Crippen LogP contribution < -0.4 is 10.6 Å². The number of amides is 1. The first-order valence-corrected chi connectivity index (χ1v) is 6.30. The highest BCUT2D eigenvalue weighted by Crippen LogP contribution is 2.22. The average Bonchev–Trinajstić information content (AvgIpc) is 2.52. The third-order valence-corrected chi connectivity index (χ3v) is 2.73. The first-order valence-electron chi connectivity index (χ1n) is 6.30. The number of aromatic nitrogens is 1. The van der Waals surface area contributed by atoms with Gasteiger partial charge in [-0.1, -0.05) is 18.2 Å². The van der Waals surface area contributed by atoms with Crippen LogP contribution in [-0.4, -0.2) is 22.4 Å². The molecule has 0 radical (unpaired) electrons. The normalized spacial score (nSPS) is 9.90. The molecular formula is C14H14N4O3. The van der Waals surface area contributed by atoms with Crippen molar-refractivity contribution >= 4 is 17.3 Å². The van der Waals surface area contributed by atoms with Gasteiger partial charge in [0.25, 0.3) is 5.69 Å². The van der Waals surface area contributed by atoms with Crippen molar-refractivity contribution in [1.29, 1.82) is 0 Å². The first kappa shape index (κ1) is 14.4.